The summed E-state index contributed by atoms with van der Waals surface area (Å²) in [6, 6.07) is 19.9. The number of hydrogen-bond donors (Lipinski definition) is 0. The summed E-state index contributed by atoms with van der Waals surface area (Å²) in [5.41, 5.74) is 2.63. The maximum atomic E-state index is 12.7. The lowest BCUT2D eigenvalue weighted by Crippen LogP contribution is -2.46. The van der Waals surface area contributed by atoms with Crippen LogP contribution in [0.4, 0.5) is 11.5 Å². The molecule has 1 saturated heterocycles. The second-order valence-electron chi connectivity index (χ2n) is 7.58. The van der Waals surface area contributed by atoms with Crippen molar-refractivity contribution in [1.29, 1.82) is 0 Å². The van der Waals surface area contributed by atoms with Crippen LogP contribution in [-0.2, 0) is 6.54 Å². The fraction of sp³-hybridized carbons (Fsp3) is 0.261. The molecular weight excluding hydrogens is 392 g/mol. The van der Waals surface area contributed by atoms with Gasteiger partial charge in [0.15, 0.2) is 5.65 Å². The molecule has 158 valence electrons. The van der Waals surface area contributed by atoms with Crippen LogP contribution in [0.1, 0.15) is 5.56 Å². The first-order valence-electron chi connectivity index (χ1n) is 10.3. The zero-order valence-corrected chi connectivity index (χ0v) is 17.4. The highest BCUT2D eigenvalue weighted by Gasteiger charge is 2.20. The lowest BCUT2D eigenvalue weighted by Gasteiger charge is -2.36. The number of nitrogens with zero attached hydrogens (tertiary/aromatic N) is 6. The Morgan fingerprint density at radius 2 is 1.71 bits per heavy atom. The molecule has 3 heterocycles. The van der Waals surface area contributed by atoms with E-state index >= 15 is 0 Å². The third-order valence-corrected chi connectivity index (χ3v) is 5.66. The standard InChI is InChI=1S/C23H24N6O2/c1-31-20-9-5-8-19(14-20)26-10-12-27(13-11-26)21-15-22-25-29(23(30)28(22)17-24-21)16-18-6-3-2-4-7-18/h2-9,14-15,17H,10-13,16H2,1H3. The van der Waals surface area contributed by atoms with Crippen molar-refractivity contribution in [3.63, 3.8) is 0 Å². The molecule has 0 N–H and O–H groups in total. The summed E-state index contributed by atoms with van der Waals surface area (Å²) in [4.78, 5) is 21.8. The molecule has 0 atom stereocenters. The zero-order valence-electron chi connectivity index (χ0n) is 17.4. The third kappa shape index (κ3) is 3.84. The summed E-state index contributed by atoms with van der Waals surface area (Å²) in [5.74, 6) is 1.71. The molecule has 1 aliphatic rings. The second-order valence-corrected chi connectivity index (χ2v) is 7.58. The number of ether oxygens (including phenoxy) is 1. The molecule has 1 aliphatic heterocycles. The van der Waals surface area contributed by atoms with E-state index in [4.69, 9.17) is 4.74 Å². The maximum absolute atomic E-state index is 12.7. The molecule has 0 bridgehead atoms. The lowest BCUT2D eigenvalue weighted by molar-refractivity contribution is 0.414. The van der Waals surface area contributed by atoms with E-state index in [-0.39, 0.29) is 5.69 Å². The van der Waals surface area contributed by atoms with Gasteiger partial charge in [0.1, 0.15) is 17.9 Å². The Morgan fingerprint density at radius 1 is 0.935 bits per heavy atom. The van der Waals surface area contributed by atoms with E-state index in [0.717, 1.165) is 49.0 Å². The SMILES string of the molecule is COc1cccc(N2CCN(c3cc4nn(Cc5ccccc5)c(=O)n4cn3)CC2)c1. The van der Waals surface area contributed by atoms with Gasteiger partial charge >= 0.3 is 5.69 Å². The van der Waals surface area contributed by atoms with Crippen LogP contribution in [-0.4, -0.2) is 52.5 Å². The van der Waals surface area contributed by atoms with Gasteiger partial charge in [0, 0.05) is 44.0 Å². The second kappa shape index (κ2) is 8.14. The van der Waals surface area contributed by atoms with Gasteiger partial charge in [-0.25, -0.2) is 18.9 Å². The molecule has 2 aromatic heterocycles. The summed E-state index contributed by atoms with van der Waals surface area (Å²) < 4.78 is 8.32. The van der Waals surface area contributed by atoms with E-state index in [1.165, 1.54) is 9.08 Å². The normalized spacial score (nSPS) is 14.2. The Hall–Kier alpha value is -3.81. The van der Waals surface area contributed by atoms with Crippen molar-refractivity contribution in [2.75, 3.05) is 43.1 Å². The van der Waals surface area contributed by atoms with Gasteiger partial charge in [-0.1, -0.05) is 36.4 Å². The van der Waals surface area contributed by atoms with Crippen molar-refractivity contribution in [3.8, 4) is 5.75 Å². The molecule has 8 nitrogen and oxygen atoms in total. The van der Waals surface area contributed by atoms with Crippen LogP contribution in [0, 0.1) is 0 Å². The largest absolute Gasteiger partial charge is 0.497 e. The van der Waals surface area contributed by atoms with Gasteiger partial charge in [0.2, 0.25) is 0 Å². The lowest BCUT2D eigenvalue weighted by atomic mass is 10.2. The average molecular weight is 416 g/mol. The Kier molecular flexibility index (Phi) is 5.03. The molecule has 8 heteroatoms. The fourth-order valence-electron chi connectivity index (χ4n) is 3.95. The van der Waals surface area contributed by atoms with E-state index in [9.17, 15) is 4.79 Å². The number of anilines is 2. The molecule has 2 aromatic carbocycles. The molecule has 0 spiro atoms. The minimum absolute atomic E-state index is 0.180. The zero-order chi connectivity index (χ0) is 21.2. The molecule has 1 fully saturated rings. The molecule has 5 rings (SSSR count). The first kappa shape index (κ1) is 19.2. The number of rotatable bonds is 5. The predicted octanol–water partition coefficient (Wildman–Crippen LogP) is 2.27. The van der Waals surface area contributed by atoms with E-state index < -0.39 is 0 Å². The van der Waals surface area contributed by atoms with Gasteiger partial charge in [0.05, 0.1) is 13.7 Å². The highest BCUT2D eigenvalue weighted by Crippen LogP contribution is 2.23. The van der Waals surface area contributed by atoms with Gasteiger partial charge in [-0.05, 0) is 17.7 Å². The Balaban J connectivity index is 1.32. The summed E-state index contributed by atoms with van der Waals surface area (Å²) in [7, 11) is 1.69. The number of benzene rings is 2. The molecule has 0 saturated carbocycles. The first-order valence-corrected chi connectivity index (χ1v) is 10.3. The van der Waals surface area contributed by atoms with E-state index in [1.54, 1.807) is 13.4 Å². The van der Waals surface area contributed by atoms with E-state index in [1.807, 2.05) is 48.5 Å². The summed E-state index contributed by atoms with van der Waals surface area (Å²) in [5, 5.41) is 4.52. The van der Waals surface area contributed by atoms with E-state index in [2.05, 4.69) is 32.0 Å². The van der Waals surface area contributed by atoms with Crippen LogP contribution < -0.4 is 20.2 Å². The van der Waals surface area contributed by atoms with Crippen LogP contribution in [0.25, 0.3) is 5.65 Å². The number of piperazine rings is 1. The van der Waals surface area contributed by atoms with Gasteiger partial charge in [-0.15, -0.1) is 5.10 Å². The Morgan fingerprint density at radius 3 is 2.48 bits per heavy atom. The topological polar surface area (TPSA) is 67.9 Å². The van der Waals surface area contributed by atoms with Crippen molar-refractivity contribution in [3.05, 3.63) is 83.0 Å². The van der Waals surface area contributed by atoms with Crippen molar-refractivity contribution in [1.82, 2.24) is 19.2 Å². The first-order chi connectivity index (χ1) is 15.2. The summed E-state index contributed by atoms with van der Waals surface area (Å²) in [6.07, 6.45) is 1.58. The minimum Gasteiger partial charge on any atom is -0.497 e. The summed E-state index contributed by atoms with van der Waals surface area (Å²) in [6.45, 7) is 3.89. The van der Waals surface area contributed by atoms with Crippen LogP contribution in [0.3, 0.4) is 0 Å². The van der Waals surface area contributed by atoms with Crippen molar-refractivity contribution >= 4 is 17.2 Å². The molecule has 0 radical (unpaired) electrons. The van der Waals surface area contributed by atoms with Gasteiger partial charge in [-0.3, -0.25) is 0 Å². The molecule has 0 amide bonds. The van der Waals surface area contributed by atoms with Gasteiger partial charge in [0.25, 0.3) is 0 Å². The van der Waals surface area contributed by atoms with Crippen LogP contribution in [0.5, 0.6) is 5.75 Å². The van der Waals surface area contributed by atoms with Crippen molar-refractivity contribution in [2.24, 2.45) is 0 Å². The smallest absolute Gasteiger partial charge is 0.351 e. The van der Waals surface area contributed by atoms with E-state index in [0.29, 0.717) is 12.2 Å². The Labute approximate surface area is 179 Å². The molecular formula is C23H24N6O2. The van der Waals surface area contributed by atoms with Crippen LogP contribution >= 0.6 is 0 Å². The summed E-state index contributed by atoms with van der Waals surface area (Å²) >= 11 is 0. The highest BCUT2D eigenvalue weighted by molar-refractivity contribution is 5.54. The highest BCUT2D eigenvalue weighted by atomic mass is 16.5. The minimum atomic E-state index is -0.180. The van der Waals surface area contributed by atoms with Gasteiger partial charge < -0.3 is 14.5 Å². The monoisotopic (exact) mass is 416 g/mol. The molecule has 0 unspecified atom stereocenters. The van der Waals surface area contributed by atoms with Crippen LogP contribution in [0.15, 0.2) is 71.8 Å². The van der Waals surface area contributed by atoms with Crippen LogP contribution in [0.2, 0.25) is 0 Å². The van der Waals surface area contributed by atoms with Gasteiger partial charge in [-0.2, -0.15) is 0 Å². The van der Waals surface area contributed by atoms with Crippen molar-refractivity contribution in [2.45, 2.75) is 6.54 Å². The molecule has 4 aromatic rings. The van der Waals surface area contributed by atoms with Crippen molar-refractivity contribution < 1.29 is 4.74 Å². The number of fused-ring (bicyclic) bond motifs is 1. The maximum Gasteiger partial charge on any atom is 0.351 e. The quantitative estimate of drug-likeness (QED) is 0.497. The number of aromatic nitrogens is 4. The number of methoxy groups -OCH3 is 1. The molecule has 31 heavy (non-hydrogen) atoms. The third-order valence-electron chi connectivity index (χ3n) is 5.66. The average Bonchev–Trinajstić information content (AvgIpc) is 3.14. The fourth-order valence-corrected chi connectivity index (χ4v) is 3.95. The number of hydrogen-bond acceptors (Lipinski definition) is 6. The molecule has 0 aliphatic carbocycles. The Bertz CT molecular complexity index is 1240. The predicted molar refractivity (Wildman–Crippen MR) is 120 cm³/mol.